The Hall–Kier alpha value is -0.460. The zero-order valence-electron chi connectivity index (χ0n) is 28.4. The lowest BCUT2D eigenvalue weighted by Gasteiger charge is -2.18. The number of carbonyl (C=O) groups excluding carboxylic acids is 1. The van der Waals surface area contributed by atoms with E-state index < -0.39 is 13.9 Å². The van der Waals surface area contributed by atoms with Crippen molar-refractivity contribution in [3.63, 3.8) is 0 Å². The van der Waals surface area contributed by atoms with Crippen LogP contribution in [0, 0.1) is 0 Å². The highest BCUT2D eigenvalue weighted by atomic mass is 31.2. The normalized spacial score (nSPS) is 12.6. The Morgan fingerprint density at radius 2 is 0.884 bits per heavy atom. The molecule has 2 N–H and O–H groups in total. The highest BCUT2D eigenvalue weighted by Gasteiger charge is 2.21. The van der Waals surface area contributed by atoms with E-state index in [1.807, 2.05) is 0 Å². The summed E-state index contributed by atoms with van der Waals surface area (Å²) in [6.07, 6.45) is 33.9. The minimum absolute atomic E-state index is 0.0858. The van der Waals surface area contributed by atoms with Gasteiger partial charge < -0.3 is 19.3 Å². The van der Waals surface area contributed by atoms with Crippen molar-refractivity contribution in [2.24, 2.45) is 0 Å². The van der Waals surface area contributed by atoms with Crippen LogP contribution in [0.25, 0.3) is 0 Å². The second kappa shape index (κ2) is 32.9. The molecule has 43 heavy (non-hydrogen) atoms. The molecule has 0 aromatic rings. The molecule has 0 saturated heterocycles. The number of ether oxygens (including phenoxy) is 2. The van der Waals surface area contributed by atoms with Gasteiger partial charge in [0.05, 0.1) is 13.2 Å². The highest BCUT2D eigenvalue weighted by Crippen LogP contribution is 2.36. The summed E-state index contributed by atoms with van der Waals surface area (Å²) in [5, 5.41) is 0. The quantitative estimate of drug-likeness (QED) is 0.0406. The fourth-order valence-corrected chi connectivity index (χ4v) is 5.80. The maximum Gasteiger partial charge on any atom is 0.469 e. The van der Waals surface area contributed by atoms with Gasteiger partial charge in [0.25, 0.3) is 0 Å². The summed E-state index contributed by atoms with van der Waals surface area (Å²) in [5.74, 6) is -0.362. The fourth-order valence-electron chi connectivity index (χ4n) is 5.44. The molecule has 0 aliphatic carbocycles. The molecule has 8 heteroatoms. The Labute approximate surface area is 266 Å². The average Bonchev–Trinajstić information content (AvgIpc) is 2.97. The van der Waals surface area contributed by atoms with Crippen molar-refractivity contribution < 1.29 is 33.1 Å². The summed E-state index contributed by atoms with van der Waals surface area (Å²) >= 11 is 0. The molecule has 0 radical (unpaired) electrons. The second-order valence-electron chi connectivity index (χ2n) is 12.6. The van der Waals surface area contributed by atoms with E-state index in [2.05, 4.69) is 18.4 Å². The first-order valence-corrected chi connectivity index (χ1v) is 19.9. The molecule has 0 aromatic carbocycles. The van der Waals surface area contributed by atoms with Crippen LogP contribution in [-0.4, -0.2) is 41.7 Å². The van der Waals surface area contributed by atoms with Crippen LogP contribution in [0.2, 0.25) is 0 Å². The molecule has 0 saturated carbocycles. The summed E-state index contributed by atoms with van der Waals surface area (Å²) < 4.78 is 26.8. The third kappa shape index (κ3) is 35.9. The number of carbonyl (C=O) groups is 1. The molecule has 1 atom stereocenters. The molecule has 0 rings (SSSR count). The first kappa shape index (κ1) is 42.5. The van der Waals surface area contributed by atoms with Crippen LogP contribution in [0.5, 0.6) is 0 Å². The van der Waals surface area contributed by atoms with E-state index in [0.717, 1.165) is 32.1 Å². The molecule has 7 nitrogen and oxygen atoms in total. The third-order valence-corrected chi connectivity index (χ3v) is 8.64. The Morgan fingerprint density at radius 3 is 1.26 bits per heavy atom. The van der Waals surface area contributed by atoms with Gasteiger partial charge in [0.15, 0.2) is 0 Å². The number of phosphoric acid groups is 1. The predicted molar refractivity (Wildman–Crippen MR) is 179 cm³/mol. The predicted octanol–water partition coefficient (Wildman–Crippen LogP) is 11.0. The van der Waals surface area contributed by atoms with Gasteiger partial charge in [0.1, 0.15) is 6.10 Å². The van der Waals surface area contributed by atoms with Crippen LogP contribution in [-0.2, 0) is 23.4 Å². The smallest absolute Gasteiger partial charge is 0.457 e. The monoisotopic (exact) mass is 634 g/mol. The van der Waals surface area contributed by atoms with E-state index in [1.165, 1.54) is 141 Å². The first-order valence-electron chi connectivity index (χ1n) is 18.4. The van der Waals surface area contributed by atoms with Crippen LogP contribution in [0.15, 0.2) is 0 Å². The molecule has 0 aliphatic heterocycles. The van der Waals surface area contributed by atoms with E-state index in [9.17, 15) is 9.36 Å². The van der Waals surface area contributed by atoms with Crippen LogP contribution in [0.1, 0.15) is 194 Å². The van der Waals surface area contributed by atoms with Crippen molar-refractivity contribution in [2.45, 2.75) is 200 Å². The lowest BCUT2D eigenvalue weighted by Crippen LogP contribution is -2.28. The largest absolute Gasteiger partial charge is 0.469 e. The maximum absolute atomic E-state index is 12.3. The lowest BCUT2D eigenvalue weighted by atomic mass is 10.0. The molecule has 0 bridgehead atoms. The Morgan fingerprint density at radius 1 is 0.535 bits per heavy atom. The summed E-state index contributed by atoms with van der Waals surface area (Å²) in [5.41, 5.74) is 0. The van der Waals surface area contributed by atoms with E-state index in [1.54, 1.807) is 0 Å². The van der Waals surface area contributed by atoms with Crippen LogP contribution in [0.3, 0.4) is 0 Å². The van der Waals surface area contributed by atoms with Crippen LogP contribution < -0.4 is 0 Å². The van der Waals surface area contributed by atoms with Gasteiger partial charge in [0, 0.05) is 13.0 Å². The number of hydrogen-bond acceptors (Lipinski definition) is 5. The van der Waals surface area contributed by atoms with Crippen molar-refractivity contribution in [1.82, 2.24) is 0 Å². The van der Waals surface area contributed by atoms with Crippen molar-refractivity contribution >= 4 is 13.8 Å². The van der Waals surface area contributed by atoms with E-state index in [-0.39, 0.29) is 19.2 Å². The topological polar surface area (TPSA) is 102 Å². The van der Waals surface area contributed by atoms with E-state index in [0.29, 0.717) is 13.0 Å². The summed E-state index contributed by atoms with van der Waals surface area (Å²) in [6.45, 7) is 4.75. The van der Waals surface area contributed by atoms with Gasteiger partial charge in [-0.3, -0.25) is 9.32 Å². The molecule has 0 aromatic heterocycles. The van der Waals surface area contributed by atoms with Gasteiger partial charge in [-0.25, -0.2) is 4.57 Å². The third-order valence-electron chi connectivity index (χ3n) is 8.16. The molecular formula is C35H71O7P. The SMILES string of the molecule is CCCCCCCCCCCCCCCCCCCCOC[C@H](COP(=O)(O)O)OC(=O)CCCCCCCCCCC. The molecule has 0 heterocycles. The van der Waals surface area contributed by atoms with Crippen LogP contribution >= 0.6 is 7.82 Å². The van der Waals surface area contributed by atoms with Crippen molar-refractivity contribution in [3.05, 3.63) is 0 Å². The summed E-state index contributed by atoms with van der Waals surface area (Å²) in [7, 11) is -4.63. The summed E-state index contributed by atoms with van der Waals surface area (Å²) in [6, 6.07) is 0. The van der Waals surface area contributed by atoms with Gasteiger partial charge in [0.2, 0.25) is 0 Å². The van der Waals surface area contributed by atoms with E-state index >= 15 is 0 Å². The zero-order chi connectivity index (χ0) is 31.7. The lowest BCUT2D eigenvalue weighted by molar-refractivity contribution is -0.154. The molecule has 0 fully saturated rings. The molecule has 0 unspecified atom stereocenters. The number of esters is 1. The number of unbranched alkanes of at least 4 members (excludes halogenated alkanes) is 25. The Kier molecular flexibility index (Phi) is 32.6. The van der Waals surface area contributed by atoms with Gasteiger partial charge in [-0.1, -0.05) is 174 Å². The standard InChI is InChI=1S/C35H71O7P/c1-3-5-7-9-11-13-14-15-16-17-18-19-20-21-23-25-27-29-31-40-32-34(33-41-43(37,38)39)42-35(36)30-28-26-24-22-12-10-8-6-4-2/h34H,3-33H2,1-2H3,(H2,37,38,39)/t34-/m1/s1. The van der Waals surface area contributed by atoms with Crippen molar-refractivity contribution in [2.75, 3.05) is 19.8 Å². The number of hydrogen-bond donors (Lipinski definition) is 2. The molecular weight excluding hydrogens is 563 g/mol. The minimum Gasteiger partial charge on any atom is -0.457 e. The van der Waals surface area contributed by atoms with Crippen LogP contribution in [0.4, 0.5) is 0 Å². The first-order chi connectivity index (χ1) is 20.9. The van der Waals surface area contributed by atoms with E-state index in [4.69, 9.17) is 19.3 Å². The molecule has 0 aliphatic rings. The molecule has 258 valence electrons. The fraction of sp³-hybridized carbons (Fsp3) is 0.971. The van der Waals surface area contributed by atoms with Gasteiger partial charge in [-0.05, 0) is 12.8 Å². The number of rotatable bonds is 35. The molecule has 0 spiro atoms. The maximum atomic E-state index is 12.3. The average molecular weight is 635 g/mol. The van der Waals surface area contributed by atoms with Crippen molar-refractivity contribution in [1.29, 1.82) is 0 Å². The molecule has 0 amide bonds. The Balaban J connectivity index is 3.72. The van der Waals surface area contributed by atoms with Gasteiger partial charge in [-0.2, -0.15) is 0 Å². The zero-order valence-corrected chi connectivity index (χ0v) is 29.3. The Bertz CT molecular complexity index is 625. The second-order valence-corrected chi connectivity index (χ2v) is 13.8. The van der Waals surface area contributed by atoms with Gasteiger partial charge in [-0.15, -0.1) is 0 Å². The minimum atomic E-state index is -4.63. The highest BCUT2D eigenvalue weighted by molar-refractivity contribution is 7.46. The van der Waals surface area contributed by atoms with Crippen molar-refractivity contribution in [3.8, 4) is 0 Å². The number of phosphoric ester groups is 1. The summed E-state index contributed by atoms with van der Waals surface area (Å²) in [4.78, 5) is 30.3. The van der Waals surface area contributed by atoms with Gasteiger partial charge >= 0.3 is 13.8 Å².